The van der Waals surface area contributed by atoms with Crippen molar-refractivity contribution in [2.24, 2.45) is 5.92 Å². The number of likely N-dealkylation sites (tertiary alicyclic amines) is 1. The van der Waals surface area contributed by atoms with Gasteiger partial charge in [0.05, 0.1) is 18.6 Å². The minimum atomic E-state index is -3.08. The minimum absolute atomic E-state index is 0.0759. The van der Waals surface area contributed by atoms with Gasteiger partial charge in [0.2, 0.25) is 6.43 Å². The molecule has 1 aromatic heterocycles. The van der Waals surface area contributed by atoms with Crippen LogP contribution in [0.2, 0.25) is 0 Å². The van der Waals surface area contributed by atoms with Crippen LogP contribution in [0.3, 0.4) is 0 Å². The molecular weight excluding hydrogens is 368 g/mol. The van der Waals surface area contributed by atoms with Crippen LogP contribution in [0.4, 0.5) is 13.6 Å². The highest BCUT2D eigenvalue weighted by atomic mass is 19.3. The first kappa shape index (κ1) is 21.0. The van der Waals surface area contributed by atoms with Gasteiger partial charge in [0.25, 0.3) is 5.56 Å². The Morgan fingerprint density at radius 3 is 2.44 bits per heavy atom. The van der Waals surface area contributed by atoms with E-state index >= 15 is 0 Å². The van der Waals surface area contributed by atoms with Crippen LogP contribution in [0.15, 0.2) is 15.8 Å². The molecule has 0 aromatic carbocycles. The molecule has 11 heteroatoms. The lowest BCUT2D eigenvalue weighted by atomic mass is 9.98. The average Bonchev–Trinajstić information content (AvgIpc) is 2.81. The molecule has 0 spiro atoms. The Balaban J connectivity index is 2.63. The topological polar surface area (TPSA) is 125 Å². The van der Waals surface area contributed by atoms with E-state index in [1.54, 1.807) is 20.8 Å². The molecule has 1 fully saturated rings. The summed E-state index contributed by atoms with van der Waals surface area (Å²) in [5.41, 5.74) is -2.58. The van der Waals surface area contributed by atoms with Crippen LogP contribution in [0, 0.1) is 12.8 Å². The number of hydrogen-bond donors (Lipinski definition) is 3. The SMILES string of the molecule is Cc1cn([C@@H]2[C@H](O)[C@H](C(F)F)[C@@H](CO)N2C(=O)OC(C)(C)C)c(=O)[nH]c1=O. The molecule has 27 heavy (non-hydrogen) atoms. The van der Waals surface area contributed by atoms with Gasteiger partial charge < -0.3 is 14.9 Å². The number of amides is 1. The highest BCUT2D eigenvalue weighted by Crippen LogP contribution is 2.40. The van der Waals surface area contributed by atoms with E-state index in [-0.39, 0.29) is 5.56 Å². The standard InChI is InChI=1S/C16H23F2N3O6/c1-7-5-20(14(25)19-12(7)24)13-10(23)9(11(17)18)8(6-22)21(13)15(26)27-16(2,3)4/h5,8-11,13,22-23H,6H2,1-4H3,(H,19,24,25)/t8-,9-,10-,13+/m1/s1. The molecule has 3 N–H and O–H groups in total. The summed E-state index contributed by atoms with van der Waals surface area (Å²) < 4.78 is 33.1. The summed E-state index contributed by atoms with van der Waals surface area (Å²) in [7, 11) is 0. The molecule has 1 aliphatic rings. The van der Waals surface area contributed by atoms with Crippen LogP contribution < -0.4 is 11.2 Å². The molecule has 1 aliphatic heterocycles. The van der Waals surface area contributed by atoms with Crippen LogP contribution in [0.1, 0.15) is 32.5 Å². The van der Waals surface area contributed by atoms with Crippen molar-refractivity contribution >= 4 is 6.09 Å². The Kier molecular flexibility index (Phi) is 5.76. The lowest BCUT2D eigenvalue weighted by molar-refractivity contribution is -0.0145. The second-order valence-electron chi connectivity index (χ2n) is 7.43. The molecule has 152 valence electrons. The predicted octanol–water partition coefficient (Wildman–Crippen LogP) is 0.197. The Morgan fingerprint density at radius 1 is 1.37 bits per heavy atom. The molecule has 0 unspecified atom stereocenters. The highest BCUT2D eigenvalue weighted by Gasteiger charge is 2.56. The van der Waals surface area contributed by atoms with E-state index in [2.05, 4.69) is 0 Å². The summed E-state index contributed by atoms with van der Waals surface area (Å²) in [5.74, 6) is -1.81. The predicted molar refractivity (Wildman–Crippen MR) is 89.5 cm³/mol. The lowest BCUT2D eigenvalue weighted by Crippen LogP contribution is -2.48. The zero-order valence-electron chi connectivity index (χ0n) is 15.3. The van der Waals surface area contributed by atoms with Crippen molar-refractivity contribution in [3.8, 4) is 0 Å². The van der Waals surface area contributed by atoms with Gasteiger partial charge in [-0.1, -0.05) is 0 Å². The molecule has 2 heterocycles. The number of aryl methyl sites for hydroxylation is 1. The number of rotatable bonds is 3. The van der Waals surface area contributed by atoms with Gasteiger partial charge in [-0.15, -0.1) is 0 Å². The van der Waals surface area contributed by atoms with Gasteiger partial charge in [-0.3, -0.25) is 19.2 Å². The smallest absolute Gasteiger partial charge is 0.412 e. The zero-order valence-corrected chi connectivity index (χ0v) is 15.3. The fourth-order valence-electron chi connectivity index (χ4n) is 3.14. The van der Waals surface area contributed by atoms with Crippen molar-refractivity contribution in [3.63, 3.8) is 0 Å². The molecule has 0 bridgehead atoms. The third-order valence-corrected chi connectivity index (χ3v) is 4.30. The quantitative estimate of drug-likeness (QED) is 0.676. The maximum Gasteiger partial charge on any atom is 0.412 e. The monoisotopic (exact) mass is 391 g/mol. The number of halogens is 2. The molecule has 1 aromatic rings. The summed E-state index contributed by atoms with van der Waals surface area (Å²) in [6.07, 6.45) is -6.55. The number of nitrogens with one attached hydrogen (secondary N) is 1. The number of aromatic amines is 1. The van der Waals surface area contributed by atoms with Gasteiger partial charge in [0.15, 0.2) is 0 Å². The Morgan fingerprint density at radius 2 is 1.96 bits per heavy atom. The van der Waals surface area contributed by atoms with Crippen molar-refractivity contribution in [3.05, 3.63) is 32.6 Å². The summed E-state index contributed by atoms with van der Waals surface area (Å²) in [6, 6.07) is -1.49. The molecule has 0 aliphatic carbocycles. The highest BCUT2D eigenvalue weighted by molar-refractivity contribution is 5.69. The van der Waals surface area contributed by atoms with E-state index in [1.807, 2.05) is 4.98 Å². The molecule has 1 saturated heterocycles. The zero-order chi connectivity index (χ0) is 20.7. The summed E-state index contributed by atoms with van der Waals surface area (Å²) in [5, 5.41) is 20.1. The fourth-order valence-corrected chi connectivity index (χ4v) is 3.14. The normalized spacial score (nSPS) is 25.9. The second kappa shape index (κ2) is 7.39. The molecule has 1 amide bonds. The van der Waals surface area contributed by atoms with E-state index in [0.29, 0.717) is 0 Å². The van der Waals surface area contributed by atoms with Crippen molar-refractivity contribution < 1.29 is 28.5 Å². The number of aliphatic hydroxyl groups is 2. The number of hydrogen-bond acceptors (Lipinski definition) is 6. The molecule has 4 atom stereocenters. The number of nitrogens with zero attached hydrogens (tertiary/aromatic N) is 2. The van der Waals surface area contributed by atoms with Gasteiger partial charge in [0, 0.05) is 11.8 Å². The Labute approximate surface area is 153 Å². The van der Waals surface area contributed by atoms with Gasteiger partial charge in [-0.2, -0.15) is 0 Å². The number of aromatic nitrogens is 2. The number of H-pyrrole nitrogens is 1. The van der Waals surface area contributed by atoms with Crippen LogP contribution in [-0.4, -0.2) is 61.5 Å². The molecule has 2 rings (SSSR count). The van der Waals surface area contributed by atoms with E-state index in [0.717, 1.165) is 15.7 Å². The van der Waals surface area contributed by atoms with Gasteiger partial charge in [0.1, 0.15) is 17.9 Å². The van der Waals surface area contributed by atoms with Crippen LogP contribution in [0.25, 0.3) is 0 Å². The molecule has 9 nitrogen and oxygen atoms in total. The number of carbonyl (C=O) groups excluding carboxylic acids is 1. The summed E-state index contributed by atoms with van der Waals surface area (Å²) >= 11 is 0. The number of carbonyl (C=O) groups is 1. The molecule has 0 radical (unpaired) electrons. The maximum absolute atomic E-state index is 13.5. The van der Waals surface area contributed by atoms with E-state index in [9.17, 15) is 33.4 Å². The van der Waals surface area contributed by atoms with Crippen molar-refractivity contribution in [1.29, 1.82) is 0 Å². The maximum atomic E-state index is 13.5. The number of ether oxygens (including phenoxy) is 1. The van der Waals surface area contributed by atoms with E-state index in [4.69, 9.17) is 4.74 Å². The third kappa shape index (κ3) is 4.03. The van der Waals surface area contributed by atoms with E-state index in [1.165, 1.54) is 6.92 Å². The average molecular weight is 391 g/mol. The van der Waals surface area contributed by atoms with Crippen molar-refractivity contribution in [2.45, 2.75) is 58.0 Å². The molecular formula is C16H23F2N3O6. The van der Waals surface area contributed by atoms with Crippen LogP contribution >= 0.6 is 0 Å². The first-order valence-corrected chi connectivity index (χ1v) is 8.29. The second-order valence-corrected chi connectivity index (χ2v) is 7.43. The van der Waals surface area contributed by atoms with Gasteiger partial charge >= 0.3 is 11.8 Å². The van der Waals surface area contributed by atoms with Crippen molar-refractivity contribution in [2.75, 3.05) is 6.61 Å². The Hall–Kier alpha value is -2.27. The van der Waals surface area contributed by atoms with Crippen molar-refractivity contribution in [1.82, 2.24) is 14.5 Å². The summed E-state index contributed by atoms with van der Waals surface area (Å²) in [6.45, 7) is 5.17. The van der Waals surface area contributed by atoms with Gasteiger partial charge in [-0.05, 0) is 27.7 Å². The minimum Gasteiger partial charge on any atom is -0.444 e. The number of alkyl halides is 2. The first-order valence-electron chi connectivity index (χ1n) is 8.29. The molecule has 0 saturated carbocycles. The van der Waals surface area contributed by atoms with Gasteiger partial charge in [-0.25, -0.2) is 18.4 Å². The number of aliphatic hydroxyl groups excluding tert-OH is 2. The lowest BCUT2D eigenvalue weighted by Gasteiger charge is -2.33. The third-order valence-electron chi connectivity index (χ3n) is 4.30. The van der Waals surface area contributed by atoms with Crippen LogP contribution in [0.5, 0.6) is 0 Å². The Bertz CT molecular complexity index is 816. The first-order chi connectivity index (χ1) is 12.4. The largest absolute Gasteiger partial charge is 0.444 e. The van der Waals surface area contributed by atoms with E-state index < -0.39 is 60.2 Å². The fraction of sp³-hybridized carbons (Fsp3) is 0.688. The summed E-state index contributed by atoms with van der Waals surface area (Å²) in [4.78, 5) is 39.2. The van der Waals surface area contributed by atoms with Crippen LogP contribution in [-0.2, 0) is 4.74 Å².